The molecule has 51 heavy (non-hydrogen) atoms. The Hall–Kier alpha value is -5.09. The molecule has 6 N–H and O–H groups in total. The number of benzene rings is 1. The SMILES string of the molecule is C=C(CCC(=O)O[C@H](C(=O)O)[C@@](O)(C(=O)O)[C@@](O)(C(=O)O)[C@H](OC(=O)/C=C/[C@@H](C)C[C@@H](C)CC)C(=O)O)[C@@H](OC(C)=O)[C@H](C)Cc1ccccc1. The molecule has 0 bridgehead atoms. The van der Waals surface area contributed by atoms with Crippen molar-refractivity contribution < 1.29 is 78.4 Å². The molecule has 0 fully saturated rings. The van der Waals surface area contributed by atoms with E-state index in [2.05, 4.69) is 16.1 Å². The third-order valence-corrected chi connectivity index (χ3v) is 8.22. The van der Waals surface area contributed by atoms with Crippen LogP contribution in [0.1, 0.15) is 65.9 Å². The van der Waals surface area contributed by atoms with E-state index < -0.39 is 77.7 Å². The fourth-order valence-electron chi connectivity index (χ4n) is 5.33. The summed E-state index contributed by atoms with van der Waals surface area (Å²) in [6, 6.07) is 9.06. The smallest absolute Gasteiger partial charge is 0.348 e. The highest BCUT2D eigenvalue weighted by Gasteiger charge is 2.74. The maximum atomic E-state index is 12.9. The summed E-state index contributed by atoms with van der Waals surface area (Å²) in [6.45, 7) is 12.3. The van der Waals surface area contributed by atoms with Crippen LogP contribution < -0.4 is 0 Å². The van der Waals surface area contributed by atoms with Crippen molar-refractivity contribution >= 4 is 41.8 Å². The highest BCUT2D eigenvalue weighted by molar-refractivity contribution is 6.01. The van der Waals surface area contributed by atoms with Gasteiger partial charge in [-0.05, 0) is 42.2 Å². The molecule has 8 atom stereocenters. The number of rotatable bonds is 22. The van der Waals surface area contributed by atoms with Crippen LogP contribution in [0.15, 0.2) is 54.6 Å². The second-order valence-electron chi connectivity index (χ2n) is 12.4. The number of esters is 3. The Morgan fingerprint density at radius 3 is 1.76 bits per heavy atom. The molecule has 0 aliphatic carbocycles. The molecular formula is C35H46O16. The molecule has 0 saturated carbocycles. The molecule has 0 aromatic heterocycles. The maximum absolute atomic E-state index is 12.9. The minimum absolute atomic E-state index is 0.150. The lowest BCUT2D eigenvalue weighted by Gasteiger charge is -2.41. The molecular weight excluding hydrogens is 676 g/mol. The molecule has 0 radical (unpaired) electrons. The van der Waals surface area contributed by atoms with Crippen LogP contribution in [0.2, 0.25) is 0 Å². The largest absolute Gasteiger partial charge is 0.479 e. The van der Waals surface area contributed by atoms with Gasteiger partial charge in [0.15, 0.2) is 0 Å². The van der Waals surface area contributed by atoms with Crippen LogP contribution in [0.25, 0.3) is 0 Å². The van der Waals surface area contributed by atoms with Gasteiger partial charge < -0.3 is 44.8 Å². The van der Waals surface area contributed by atoms with Crippen molar-refractivity contribution in [3.8, 4) is 0 Å². The van der Waals surface area contributed by atoms with Gasteiger partial charge in [-0.3, -0.25) is 9.59 Å². The quantitative estimate of drug-likeness (QED) is 0.0434. The van der Waals surface area contributed by atoms with E-state index >= 15 is 0 Å². The number of hydrogen-bond donors (Lipinski definition) is 6. The monoisotopic (exact) mass is 722 g/mol. The van der Waals surface area contributed by atoms with Gasteiger partial charge in [-0.15, -0.1) is 0 Å². The van der Waals surface area contributed by atoms with Crippen LogP contribution in [-0.2, 0) is 54.2 Å². The van der Waals surface area contributed by atoms with Crippen molar-refractivity contribution in [2.24, 2.45) is 17.8 Å². The standard InChI is InChI=1S/C35H46O16/c1-7-19(2)17-20(3)13-15-25(37)50-28(30(39)40)34(47,32(43)44)35(48,33(45)46)29(31(41)42)51-26(38)16-14-21(4)27(49-23(6)36)22(5)18-24-11-9-8-10-12-24/h8-13,15,19-20,22,27-29,47-48H,4,7,14,16-18H2,1-3,5-6H3,(H,39,40)(H,41,42)(H,43,44)(H,45,46)/b15-13+/t19-,20+,22+,27+,28+,29+,34-,35+/m0/s1. The zero-order valence-electron chi connectivity index (χ0n) is 29.0. The number of carboxylic acids is 4. The van der Waals surface area contributed by atoms with E-state index in [1.54, 1.807) is 32.0 Å². The number of aliphatic hydroxyl groups is 2. The zero-order chi connectivity index (χ0) is 39.3. The van der Waals surface area contributed by atoms with E-state index in [0.717, 1.165) is 18.9 Å². The van der Waals surface area contributed by atoms with Crippen molar-refractivity contribution in [1.82, 2.24) is 0 Å². The first-order chi connectivity index (χ1) is 23.6. The lowest BCUT2D eigenvalue weighted by atomic mass is 9.74. The summed E-state index contributed by atoms with van der Waals surface area (Å²) in [6.07, 6.45) is -5.28. The van der Waals surface area contributed by atoms with Gasteiger partial charge >= 0.3 is 41.8 Å². The first-order valence-electron chi connectivity index (χ1n) is 16.0. The van der Waals surface area contributed by atoms with E-state index in [0.29, 0.717) is 18.9 Å². The van der Waals surface area contributed by atoms with Crippen LogP contribution in [-0.4, -0.2) is 102 Å². The Morgan fingerprint density at radius 1 is 0.804 bits per heavy atom. The van der Waals surface area contributed by atoms with Gasteiger partial charge in [-0.1, -0.05) is 77.1 Å². The van der Waals surface area contributed by atoms with Crippen LogP contribution in [0.4, 0.5) is 0 Å². The average Bonchev–Trinajstić information content (AvgIpc) is 3.05. The third kappa shape index (κ3) is 11.7. The molecule has 282 valence electrons. The lowest BCUT2D eigenvalue weighted by molar-refractivity contribution is -0.255. The van der Waals surface area contributed by atoms with E-state index in [1.165, 1.54) is 6.08 Å². The first-order valence-corrected chi connectivity index (χ1v) is 16.0. The van der Waals surface area contributed by atoms with Crippen molar-refractivity contribution in [1.29, 1.82) is 0 Å². The van der Waals surface area contributed by atoms with E-state index in [-0.39, 0.29) is 29.7 Å². The number of hydrogen-bond acceptors (Lipinski definition) is 12. The van der Waals surface area contributed by atoms with Gasteiger partial charge in [0.25, 0.3) is 11.2 Å². The lowest BCUT2D eigenvalue weighted by Crippen LogP contribution is -2.77. The summed E-state index contributed by atoms with van der Waals surface area (Å²) >= 11 is 0. The summed E-state index contributed by atoms with van der Waals surface area (Å²) < 4.78 is 14.6. The molecule has 0 unspecified atom stereocenters. The number of allylic oxidation sites excluding steroid dienone is 1. The molecule has 0 saturated heterocycles. The molecule has 0 heterocycles. The van der Waals surface area contributed by atoms with Gasteiger partial charge in [0, 0.05) is 25.3 Å². The van der Waals surface area contributed by atoms with Gasteiger partial charge in [-0.2, -0.15) is 0 Å². The molecule has 1 aromatic rings. The van der Waals surface area contributed by atoms with Gasteiger partial charge in [0.1, 0.15) is 6.10 Å². The van der Waals surface area contributed by atoms with Crippen molar-refractivity contribution in [3.05, 3.63) is 60.2 Å². The van der Waals surface area contributed by atoms with Crippen LogP contribution in [0, 0.1) is 17.8 Å². The predicted octanol–water partition coefficient (Wildman–Crippen LogP) is 2.39. The molecule has 0 aliphatic rings. The van der Waals surface area contributed by atoms with Gasteiger partial charge in [-0.25, -0.2) is 24.0 Å². The first kappa shape index (κ1) is 43.9. The van der Waals surface area contributed by atoms with Crippen LogP contribution >= 0.6 is 0 Å². The van der Waals surface area contributed by atoms with E-state index in [4.69, 9.17) is 4.74 Å². The Kier molecular flexibility index (Phi) is 16.7. The minimum Gasteiger partial charge on any atom is -0.479 e. The number of carboxylic acid groups (broad SMARTS) is 4. The fraction of sp³-hybridized carbons (Fsp3) is 0.514. The number of aliphatic carboxylic acids is 4. The number of ether oxygens (including phenoxy) is 3. The highest BCUT2D eigenvalue weighted by atomic mass is 16.6. The second-order valence-corrected chi connectivity index (χ2v) is 12.4. The Balaban J connectivity index is 3.39. The van der Waals surface area contributed by atoms with Gasteiger partial charge in [0.2, 0.25) is 12.2 Å². The Labute approximate surface area is 294 Å². The number of carbonyl (C=O) groups excluding carboxylic acids is 3. The molecule has 16 heteroatoms. The van der Waals surface area contributed by atoms with Crippen LogP contribution in [0.3, 0.4) is 0 Å². The summed E-state index contributed by atoms with van der Waals surface area (Å²) in [5, 5.41) is 61.7. The normalized spacial score (nSPS) is 17.2. The van der Waals surface area contributed by atoms with Crippen molar-refractivity contribution in [2.75, 3.05) is 0 Å². The average molecular weight is 723 g/mol. The summed E-state index contributed by atoms with van der Waals surface area (Å²) in [5.41, 5.74) is -8.32. The predicted molar refractivity (Wildman–Crippen MR) is 176 cm³/mol. The Bertz CT molecular complexity index is 1470. The van der Waals surface area contributed by atoms with E-state index in [1.807, 2.05) is 26.0 Å². The number of carbonyl (C=O) groups is 7. The molecule has 0 spiro atoms. The van der Waals surface area contributed by atoms with Crippen molar-refractivity contribution in [3.63, 3.8) is 0 Å². The molecule has 1 rings (SSSR count). The highest BCUT2D eigenvalue weighted by Crippen LogP contribution is 2.35. The maximum Gasteiger partial charge on any atom is 0.348 e. The summed E-state index contributed by atoms with van der Waals surface area (Å²) in [7, 11) is 0. The summed E-state index contributed by atoms with van der Waals surface area (Å²) in [5.74, 6) is -15.0. The third-order valence-electron chi connectivity index (χ3n) is 8.22. The van der Waals surface area contributed by atoms with Crippen molar-refractivity contribution in [2.45, 2.75) is 96.2 Å². The molecule has 1 aromatic carbocycles. The second kappa shape index (κ2) is 19.3. The molecule has 0 aliphatic heterocycles. The molecule has 0 amide bonds. The van der Waals surface area contributed by atoms with Gasteiger partial charge in [0.05, 0.1) is 0 Å². The Morgan fingerprint density at radius 2 is 1.31 bits per heavy atom. The zero-order valence-corrected chi connectivity index (χ0v) is 29.0. The minimum atomic E-state index is -4.68. The summed E-state index contributed by atoms with van der Waals surface area (Å²) in [4.78, 5) is 86.4. The fourth-order valence-corrected chi connectivity index (χ4v) is 5.33. The topological polar surface area (TPSA) is 269 Å². The van der Waals surface area contributed by atoms with Crippen LogP contribution in [0.5, 0.6) is 0 Å². The van der Waals surface area contributed by atoms with E-state index in [9.17, 15) is 64.2 Å². The molecule has 16 nitrogen and oxygen atoms in total.